The highest BCUT2D eigenvalue weighted by molar-refractivity contribution is 6.16. The van der Waals surface area contributed by atoms with Crippen molar-refractivity contribution in [3.8, 4) is 112 Å². The van der Waals surface area contributed by atoms with Crippen molar-refractivity contribution in [1.29, 1.82) is 0 Å². The molecule has 2 aliphatic carbocycles. The van der Waals surface area contributed by atoms with E-state index in [1.807, 2.05) is 0 Å². The summed E-state index contributed by atoms with van der Waals surface area (Å²) < 4.78 is 5.17. The molecule has 2 unspecified atom stereocenters. The van der Waals surface area contributed by atoms with Crippen molar-refractivity contribution < 1.29 is 0 Å². The number of aromatic nitrogens is 2. The van der Waals surface area contributed by atoms with E-state index in [0.29, 0.717) is 0 Å². The second-order valence-corrected chi connectivity index (χ2v) is 34.1. The highest BCUT2D eigenvalue weighted by Gasteiger charge is 2.53. The van der Waals surface area contributed by atoms with Crippen LogP contribution in [-0.4, -0.2) is 9.13 Å². The van der Waals surface area contributed by atoms with Crippen LogP contribution in [-0.2, 0) is 10.8 Å². The standard InChI is InChI=1S/C122H78N4/c1-7-29-79(30-8-1)83-53-59-91(60-54-83)123(93-63-66-97(85-37-15-5-16-38-85)103(76-93)86-39-17-6-18-40-86)95-64-67-100-98-41-19-21-45-107(98)122(114(100)78-95)111-48-24-26-52-118(111)125-115-69-58-88(75-105(115)101-43-27-50-113(122)119(101)125)87-57-68-109-104(74-87)99-42-20-22-46-108(99)121(109)110-47-23-25-51-117(110)126-116-70-65-94(77-106(116)102-44-28-49-112(121)120(102)126)124(92-61-55-84(56-62-92)80-31-9-2-10-32-80)96-72-89(81-33-11-3-12-34-81)71-90(73-96)82-35-13-4-14-36-82/h1-78H. The smallest absolute Gasteiger partial charge is 0.0755 e. The number of hydrogen-bond acceptors (Lipinski definition) is 2. The first kappa shape index (κ1) is 71.3. The number of para-hydroxylation sites is 4. The van der Waals surface area contributed by atoms with Gasteiger partial charge in [-0.2, -0.15) is 0 Å². The second-order valence-electron chi connectivity index (χ2n) is 34.1. The molecule has 0 N–H and O–H groups in total. The van der Waals surface area contributed by atoms with Gasteiger partial charge in [0.25, 0.3) is 0 Å². The number of fused-ring (bicyclic) bond motifs is 24. The monoisotopic (exact) mass is 1600 g/mol. The zero-order valence-electron chi connectivity index (χ0n) is 68.8. The molecule has 126 heavy (non-hydrogen) atoms. The van der Waals surface area contributed by atoms with Gasteiger partial charge in [0.05, 0.1) is 44.3 Å². The molecule has 2 spiro atoms. The highest BCUT2D eigenvalue weighted by Crippen LogP contribution is 2.65. The summed E-state index contributed by atoms with van der Waals surface area (Å²) in [6, 6.07) is 178. The first-order chi connectivity index (χ1) is 62.5. The van der Waals surface area contributed by atoms with Crippen molar-refractivity contribution >= 4 is 77.7 Å². The van der Waals surface area contributed by atoms with Crippen molar-refractivity contribution in [3.05, 3.63) is 518 Å². The third kappa shape index (κ3) is 10.5. The lowest BCUT2D eigenvalue weighted by Crippen LogP contribution is -2.33. The second kappa shape index (κ2) is 28.1. The van der Waals surface area contributed by atoms with Gasteiger partial charge in [-0.1, -0.05) is 358 Å². The summed E-state index contributed by atoms with van der Waals surface area (Å²) in [5.74, 6) is 0. The number of benzene rings is 20. The molecule has 2 aromatic heterocycles. The minimum Gasteiger partial charge on any atom is -0.310 e. The third-order valence-electron chi connectivity index (χ3n) is 27.7. The van der Waals surface area contributed by atoms with E-state index in [4.69, 9.17) is 0 Å². The Hall–Kier alpha value is -16.4. The molecule has 4 nitrogen and oxygen atoms in total. The molecule has 586 valence electrons. The van der Waals surface area contributed by atoms with Crippen LogP contribution in [0.25, 0.3) is 155 Å². The van der Waals surface area contributed by atoms with Crippen molar-refractivity contribution in [2.24, 2.45) is 0 Å². The van der Waals surface area contributed by atoms with Crippen molar-refractivity contribution in [2.45, 2.75) is 10.8 Å². The van der Waals surface area contributed by atoms with Gasteiger partial charge in [-0.05, 0) is 260 Å². The molecule has 4 heterocycles. The van der Waals surface area contributed by atoms with Crippen LogP contribution in [0.15, 0.2) is 473 Å². The van der Waals surface area contributed by atoms with Gasteiger partial charge in [-0.15, -0.1) is 0 Å². The van der Waals surface area contributed by atoms with E-state index in [9.17, 15) is 0 Å². The van der Waals surface area contributed by atoms with Crippen LogP contribution >= 0.6 is 0 Å². The fourth-order valence-electron chi connectivity index (χ4n) is 22.3. The van der Waals surface area contributed by atoms with Crippen LogP contribution < -0.4 is 9.80 Å². The van der Waals surface area contributed by atoms with Gasteiger partial charge >= 0.3 is 0 Å². The largest absolute Gasteiger partial charge is 0.310 e. The van der Waals surface area contributed by atoms with Gasteiger partial charge < -0.3 is 18.9 Å². The lowest BCUT2D eigenvalue weighted by Gasteiger charge is -2.40. The van der Waals surface area contributed by atoms with Gasteiger partial charge in [-0.3, -0.25) is 0 Å². The molecule has 2 aliphatic heterocycles. The van der Waals surface area contributed by atoms with Gasteiger partial charge in [-0.25, -0.2) is 0 Å². The van der Waals surface area contributed by atoms with Crippen LogP contribution in [0.3, 0.4) is 0 Å². The Bertz CT molecular complexity index is 8120. The van der Waals surface area contributed by atoms with Crippen molar-refractivity contribution in [3.63, 3.8) is 0 Å². The number of hydrogen-bond donors (Lipinski definition) is 0. The van der Waals surface area contributed by atoms with E-state index in [1.165, 1.54) is 189 Å². The first-order valence-corrected chi connectivity index (χ1v) is 43.8. The van der Waals surface area contributed by atoms with E-state index < -0.39 is 10.8 Å². The summed E-state index contributed by atoms with van der Waals surface area (Å²) >= 11 is 0. The fourth-order valence-corrected chi connectivity index (χ4v) is 22.3. The van der Waals surface area contributed by atoms with Crippen molar-refractivity contribution in [1.82, 2.24) is 9.13 Å². The number of anilines is 6. The lowest BCUT2D eigenvalue weighted by molar-refractivity contribution is 0.748. The van der Waals surface area contributed by atoms with E-state index in [1.54, 1.807) is 0 Å². The summed E-state index contributed by atoms with van der Waals surface area (Å²) in [5, 5.41) is 4.86. The van der Waals surface area contributed by atoms with Crippen LogP contribution in [0.5, 0.6) is 0 Å². The van der Waals surface area contributed by atoms with E-state index >= 15 is 0 Å². The normalized spacial score (nSPS) is 14.6. The van der Waals surface area contributed by atoms with Gasteiger partial charge in [0, 0.05) is 55.7 Å². The summed E-state index contributed by atoms with van der Waals surface area (Å²) in [7, 11) is 0. The molecule has 0 saturated carbocycles. The Balaban J connectivity index is 0.621. The maximum Gasteiger partial charge on any atom is 0.0755 e. The average Bonchev–Trinajstić information content (AvgIpc) is 1.50. The van der Waals surface area contributed by atoms with Gasteiger partial charge in [0.15, 0.2) is 0 Å². The van der Waals surface area contributed by atoms with Crippen LogP contribution in [0.2, 0.25) is 0 Å². The Morgan fingerprint density at radius 3 is 1.02 bits per heavy atom. The van der Waals surface area contributed by atoms with Gasteiger partial charge in [0.1, 0.15) is 0 Å². The quantitative estimate of drug-likeness (QED) is 0.114. The maximum absolute atomic E-state index is 2.59. The molecule has 0 amide bonds. The number of rotatable bonds is 13. The molecule has 0 saturated heterocycles. The molecule has 0 fully saturated rings. The topological polar surface area (TPSA) is 16.3 Å². The SMILES string of the molecule is c1ccc(-c2ccc(N(c3ccc(-c4ccccc4)c(-c4ccccc4)c3)c3ccc4c(c3)C3(c5ccccc5-4)c4ccccc4-n4c5ccc(-c6ccc7c(c6)-c6ccccc6C76c7ccccc7-n7c8ccc(N(c9ccc(-c%10ccccc%10)cc9)c9cc(-c%10ccccc%10)cc(-c%10ccccc%10)c9)cc8c8cccc6c87)cc5c5cccc3c54)cc2)cc1. The van der Waals surface area contributed by atoms with Crippen molar-refractivity contribution in [2.75, 3.05) is 9.80 Å². The molecule has 4 aliphatic rings. The van der Waals surface area contributed by atoms with E-state index in [-0.39, 0.29) is 0 Å². The highest BCUT2D eigenvalue weighted by atomic mass is 15.2. The van der Waals surface area contributed by atoms with Crippen LogP contribution in [0.4, 0.5) is 34.1 Å². The average molecular weight is 1600 g/mol. The van der Waals surface area contributed by atoms with Gasteiger partial charge in [0.2, 0.25) is 0 Å². The Kier molecular flexibility index (Phi) is 15.9. The third-order valence-corrected chi connectivity index (χ3v) is 27.7. The van der Waals surface area contributed by atoms with Crippen LogP contribution in [0, 0.1) is 0 Å². The summed E-state index contributed by atoms with van der Waals surface area (Å²) in [6.07, 6.45) is 0. The maximum atomic E-state index is 2.59. The number of nitrogens with zero attached hydrogens (tertiary/aromatic N) is 4. The minimum absolute atomic E-state index is 0.650. The molecule has 0 bridgehead atoms. The Morgan fingerprint density at radius 1 is 0.151 bits per heavy atom. The fraction of sp³-hybridized carbons (Fsp3) is 0.0164. The summed E-state index contributed by atoms with van der Waals surface area (Å²) in [6.45, 7) is 0. The summed E-state index contributed by atoms with van der Waals surface area (Å²) in [5.41, 5.74) is 43.9. The molecule has 2 atom stereocenters. The Labute approximate surface area is 731 Å². The van der Waals surface area contributed by atoms with E-state index in [2.05, 4.69) is 492 Å². The Morgan fingerprint density at radius 2 is 0.492 bits per heavy atom. The molecular formula is C122H78N4. The molecule has 22 aromatic rings. The predicted octanol–water partition coefficient (Wildman–Crippen LogP) is 31.8. The summed E-state index contributed by atoms with van der Waals surface area (Å²) in [4.78, 5) is 4.95. The molecule has 4 heteroatoms. The first-order valence-electron chi connectivity index (χ1n) is 43.8. The molecule has 26 rings (SSSR count). The van der Waals surface area contributed by atoms with E-state index in [0.717, 1.165) is 45.3 Å². The van der Waals surface area contributed by atoms with Crippen LogP contribution in [0.1, 0.15) is 44.5 Å². The minimum atomic E-state index is -0.704. The molecular weight excluding hydrogens is 1520 g/mol. The lowest BCUT2D eigenvalue weighted by atomic mass is 9.65. The zero-order valence-corrected chi connectivity index (χ0v) is 68.8. The predicted molar refractivity (Wildman–Crippen MR) is 524 cm³/mol. The molecule has 20 aromatic carbocycles. The molecule has 0 radical (unpaired) electrons. The zero-order chi connectivity index (χ0) is 82.7.